The molecular formula is C19H25F3N2O. The fraction of sp³-hybridized carbons (Fsp3) is 0.632. The molecule has 2 aliphatic rings. The Balaban J connectivity index is 1.47. The van der Waals surface area contributed by atoms with Crippen molar-refractivity contribution in [3.8, 4) is 0 Å². The van der Waals surface area contributed by atoms with Crippen molar-refractivity contribution in [2.75, 3.05) is 19.6 Å². The molecule has 1 amide bonds. The molecule has 1 saturated heterocycles. The van der Waals surface area contributed by atoms with Gasteiger partial charge in [0.15, 0.2) is 0 Å². The monoisotopic (exact) mass is 354 g/mol. The Morgan fingerprint density at radius 3 is 2.76 bits per heavy atom. The van der Waals surface area contributed by atoms with Crippen LogP contribution in [0, 0.1) is 5.92 Å². The molecule has 3 rings (SSSR count). The quantitative estimate of drug-likeness (QED) is 0.846. The van der Waals surface area contributed by atoms with Gasteiger partial charge in [0.25, 0.3) is 0 Å². The number of piperidine rings is 1. The normalized spacial score (nSPS) is 22.0. The first-order chi connectivity index (χ1) is 11.9. The second-order valence-corrected chi connectivity index (χ2v) is 7.32. The average Bonchev–Trinajstić information content (AvgIpc) is 3.36. The van der Waals surface area contributed by atoms with Gasteiger partial charge in [-0.15, -0.1) is 0 Å². The van der Waals surface area contributed by atoms with Crippen molar-refractivity contribution < 1.29 is 18.0 Å². The van der Waals surface area contributed by atoms with E-state index in [-0.39, 0.29) is 5.91 Å². The van der Waals surface area contributed by atoms with Gasteiger partial charge in [0.1, 0.15) is 0 Å². The van der Waals surface area contributed by atoms with Crippen LogP contribution in [0.2, 0.25) is 0 Å². The number of hydrogen-bond acceptors (Lipinski definition) is 2. The molecule has 0 aromatic heterocycles. The van der Waals surface area contributed by atoms with Gasteiger partial charge in [-0.3, -0.25) is 9.69 Å². The van der Waals surface area contributed by atoms with Gasteiger partial charge in [-0.2, -0.15) is 13.2 Å². The van der Waals surface area contributed by atoms with Crippen LogP contribution in [0.15, 0.2) is 24.3 Å². The predicted octanol–water partition coefficient (Wildman–Crippen LogP) is 3.63. The summed E-state index contributed by atoms with van der Waals surface area (Å²) >= 11 is 0. The van der Waals surface area contributed by atoms with E-state index in [1.807, 2.05) is 0 Å². The van der Waals surface area contributed by atoms with Crippen LogP contribution in [0.4, 0.5) is 13.2 Å². The first-order valence-corrected chi connectivity index (χ1v) is 9.08. The fourth-order valence-electron chi connectivity index (χ4n) is 3.51. The number of hydrogen-bond donors (Lipinski definition) is 1. The van der Waals surface area contributed by atoms with Crippen LogP contribution in [-0.4, -0.2) is 36.5 Å². The highest BCUT2D eigenvalue weighted by Gasteiger charge is 2.30. The summed E-state index contributed by atoms with van der Waals surface area (Å²) in [7, 11) is 0. The Labute approximate surface area is 146 Å². The first kappa shape index (κ1) is 18.2. The van der Waals surface area contributed by atoms with Gasteiger partial charge in [0.05, 0.1) is 12.1 Å². The zero-order chi connectivity index (χ0) is 17.9. The molecule has 25 heavy (non-hydrogen) atoms. The van der Waals surface area contributed by atoms with Gasteiger partial charge in [0, 0.05) is 12.6 Å². The molecule has 1 saturated carbocycles. The summed E-state index contributed by atoms with van der Waals surface area (Å²) in [6, 6.07) is 5.99. The van der Waals surface area contributed by atoms with Crippen molar-refractivity contribution in [1.82, 2.24) is 10.2 Å². The van der Waals surface area contributed by atoms with Crippen LogP contribution in [0.1, 0.15) is 43.2 Å². The van der Waals surface area contributed by atoms with E-state index in [9.17, 15) is 18.0 Å². The lowest BCUT2D eigenvalue weighted by molar-refractivity contribution is -0.137. The standard InChI is InChI=1S/C19H25F3N2O/c20-19(21,22)16-5-1-3-14(11-16)6-7-15-4-2-10-24(12-15)13-18(25)23-17-8-9-17/h1,3,5,11,15,17H,2,4,6-10,12-13H2,(H,23,25)/t15-/m0/s1. The van der Waals surface area contributed by atoms with Crippen LogP contribution < -0.4 is 5.32 Å². The maximum Gasteiger partial charge on any atom is 0.416 e. The summed E-state index contributed by atoms with van der Waals surface area (Å²) < 4.78 is 38.4. The lowest BCUT2D eigenvalue weighted by atomic mass is 9.91. The number of amides is 1. The van der Waals surface area contributed by atoms with E-state index in [0.717, 1.165) is 56.8 Å². The van der Waals surface area contributed by atoms with Crippen LogP contribution in [0.5, 0.6) is 0 Å². The molecule has 138 valence electrons. The van der Waals surface area contributed by atoms with Gasteiger partial charge in [-0.25, -0.2) is 0 Å². The van der Waals surface area contributed by atoms with Crippen molar-refractivity contribution in [3.05, 3.63) is 35.4 Å². The zero-order valence-electron chi connectivity index (χ0n) is 14.3. The predicted molar refractivity (Wildman–Crippen MR) is 90.1 cm³/mol. The van der Waals surface area contributed by atoms with Gasteiger partial charge < -0.3 is 5.32 Å². The number of benzene rings is 1. The third-order valence-electron chi connectivity index (χ3n) is 5.01. The Kier molecular flexibility index (Phi) is 5.67. The molecule has 1 aliphatic heterocycles. The molecule has 1 aromatic carbocycles. The van der Waals surface area contributed by atoms with E-state index in [1.54, 1.807) is 6.07 Å². The van der Waals surface area contributed by atoms with Gasteiger partial charge in [-0.1, -0.05) is 18.2 Å². The molecule has 1 aromatic rings. The number of nitrogens with one attached hydrogen (secondary N) is 1. The number of halogens is 3. The van der Waals surface area contributed by atoms with E-state index in [2.05, 4.69) is 10.2 Å². The maximum absolute atomic E-state index is 12.8. The number of aryl methyl sites for hydroxylation is 1. The summed E-state index contributed by atoms with van der Waals surface area (Å²) in [6.45, 7) is 2.23. The lowest BCUT2D eigenvalue weighted by Gasteiger charge is -2.32. The summed E-state index contributed by atoms with van der Waals surface area (Å²) in [5.74, 6) is 0.540. The molecule has 3 nitrogen and oxygen atoms in total. The van der Waals surface area contributed by atoms with E-state index in [1.165, 1.54) is 12.1 Å². The Morgan fingerprint density at radius 2 is 2.04 bits per heavy atom. The second kappa shape index (κ2) is 7.77. The Morgan fingerprint density at radius 1 is 1.24 bits per heavy atom. The molecule has 1 aliphatic carbocycles. The van der Waals surface area contributed by atoms with Gasteiger partial charge in [-0.05, 0) is 62.6 Å². The van der Waals surface area contributed by atoms with Crippen molar-refractivity contribution in [1.29, 1.82) is 0 Å². The second-order valence-electron chi connectivity index (χ2n) is 7.32. The third kappa shape index (κ3) is 5.73. The first-order valence-electron chi connectivity index (χ1n) is 9.08. The molecule has 1 heterocycles. The smallest absolute Gasteiger partial charge is 0.352 e. The highest BCUT2D eigenvalue weighted by Crippen LogP contribution is 2.30. The van der Waals surface area contributed by atoms with Gasteiger partial charge in [0.2, 0.25) is 5.91 Å². The summed E-state index contributed by atoms with van der Waals surface area (Å²) in [6.07, 6.45) is 1.53. The van der Waals surface area contributed by atoms with Crippen molar-refractivity contribution in [2.45, 2.75) is 50.7 Å². The van der Waals surface area contributed by atoms with Crippen molar-refractivity contribution >= 4 is 5.91 Å². The van der Waals surface area contributed by atoms with Crippen LogP contribution >= 0.6 is 0 Å². The molecule has 1 atom stereocenters. The number of likely N-dealkylation sites (tertiary alicyclic amines) is 1. The number of alkyl halides is 3. The largest absolute Gasteiger partial charge is 0.416 e. The molecule has 1 N–H and O–H groups in total. The summed E-state index contributed by atoms with van der Waals surface area (Å²) in [4.78, 5) is 14.1. The fourth-order valence-corrected chi connectivity index (χ4v) is 3.51. The number of nitrogens with zero attached hydrogens (tertiary/aromatic N) is 1. The molecule has 2 fully saturated rings. The highest BCUT2D eigenvalue weighted by atomic mass is 19.4. The van der Waals surface area contributed by atoms with Crippen LogP contribution in [-0.2, 0) is 17.4 Å². The number of carbonyl (C=O) groups excluding carboxylic acids is 1. The number of carbonyl (C=O) groups is 1. The molecular weight excluding hydrogens is 329 g/mol. The Bertz CT molecular complexity index is 599. The number of rotatable bonds is 6. The Hall–Kier alpha value is -1.56. The minimum absolute atomic E-state index is 0.0982. The summed E-state index contributed by atoms with van der Waals surface area (Å²) in [5.41, 5.74) is 0.158. The van der Waals surface area contributed by atoms with Crippen LogP contribution in [0.3, 0.4) is 0 Å². The summed E-state index contributed by atoms with van der Waals surface area (Å²) in [5, 5.41) is 3.01. The van der Waals surface area contributed by atoms with Gasteiger partial charge >= 0.3 is 6.18 Å². The minimum atomic E-state index is -4.29. The lowest BCUT2D eigenvalue weighted by Crippen LogP contribution is -2.43. The SMILES string of the molecule is O=C(CN1CCC[C@@H](CCc2cccc(C(F)(F)F)c2)C1)NC1CC1. The zero-order valence-corrected chi connectivity index (χ0v) is 14.3. The maximum atomic E-state index is 12.8. The molecule has 0 unspecified atom stereocenters. The highest BCUT2D eigenvalue weighted by molar-refractivity contribution is 5.78. The van der Waals surface area contributed by atoms with Crippen molar-refractivity contribution in [3.63, 3.8) is 0 Å². The third-order valence-corrected chi connectivity index (χ3v) is 5.01. The molecule has 0 bridgehead atoms. The van der Waals surface area contributed by atoms with E-state index in [4.69, 9.17) is 0 Å². The van der Waals surface area contributed by atoms with E-state index >= 15 is 0 Å². The van der Waals surface area contributed by atoms with E-state index < -0.39 is 11.7 Å². The van der Waals surface area contributed by atoms with Crippen molar-refractivity contribution in [2.24, 2.45) is 5.92 Å². The van der Waals surface area contributed by atoms with Crippen LogP contribution in [0.25, 0.3) is 0 Å². The average molecular weight is 354 g/mol. The van der Waals surface area contributed by atoms with E-state index in [0.29, 0.717) is 24.9 Å². The minimum Gasteiger partial charge on any atom is -0.352 e. The molecule has 0 spiro atoms. The molecule has 0 radical (unpaired) electrons. The topological polar surface area (TPSA) is 32.3 Å². The molecule has 6 heteroatoms.